The first-order valence-electron chi connectivity index (χ1n) is 9.92. The smallest absolute Gasteiger partial charge is 0.344 e. The van der Waals surface area contributed by atoms with Crippen molar-refractivity contribution >= 4 is 11.9 Å². The van der Waals surface area contributed by atoms with E-state index in [1.54, 1.807) is 38.2 Å². The van der Waals surface area contributed by atoms with E-state index >= 15 is 0 Å². The second-order valence-corrected chi connectivity index (χ2v) is 8.07. The highest BCUT2D eigenvalue weighted by Crippen LogP contribution is 2.26. The van der Waals surface area contributed by atoms with E-state index in [0.717, 1.165) is 22.8 Å². The fraction of sp³-hybridized carbons (Fsp3) is 0.240. The van der Waals surface area contributed by atoms with Gasteiger partial charge < -0.3 is 10.1 Å². The lowest BCUT2D eigenvalue weighted by atomic mass is 9.98. The molecule has 0 saturated carbocycles. The Kier molecular flexibility index (Phi) is 6.20. The molecule has 0 aliphatic rings. The maximum atomic E-state index is 14.7. The van der Waals surface area contributed by atoms with Crippen molar-refractivity contribution in [1.82, 2.24) is 10.3 Å². The monoisotopic (exact) mass is 420 g/mol. The Morgan fingerprint density at radius 3 is 2.26 bits per heavy atom. The van der Waals surface area contributed by atoms with Crippen LogP contribution in [0.1, 0.15) is 56.9 Å². The van der Waals surface area contributed by atoms with Gasteiger partial charge in [-0.05, 0) is 70.0 Å². The Balaban J connectivity index is 1.92. The van der Waals surface area contributed by atoms with Gasteiger partial charge in [0.2, 0.25) is 0 Å². The number of rotatable bonds is 5. The van der Waals surface area contributed by atoms with Crippen molar-refractivity contribution in [1.29, 1.82) is 0 Å². The Labute approximate surface area is 181 Å². The van der Waals surface area contributed by atoms with Crippen molar-refractivity contribution in [2.45, 2.75) is 40.2 Å². The van der Waals surface area contributed by atoms with Gasteiger partial charge in [-0.25, -0.2) is 9.18 Å². The van der Waals surface area contributed by atoms with E-state index in [-0.39, 0.29) is 11.3 Å². The summed E-state index contributed by atoms with van der Waals surface area (Å²) in [5, 5.41) is 2.78. The van der Waals surface area contributed by atoms with Crippen molar-refractivity contribution in [2.75, 3.05) is 0 Å². The third-order valence-electron chi connectivity index (χ3n) is 5.02. The van der Waals surface area contributed by atoms with E-state index in [0.29, 0.717) is 11.3 Å². The minimum absolute atomic E-state index is 0.140. The van der Waals surface area contributed by atoms with Crippen molar-refractivity contribution in [3.05, 3.63) is 94.1 Å². The molecule has 0 bridgehead atoms. The number of hydrogen-bond donors (Lipinski definition) is 1. The molecule has 6 heteroatoms. The lowest BCUT2D eigenvalue weighted by Crippen LogP contribution is -2.42. The van der Waals surface area contributed by atoms with E-state index in [4.69, 9.17) is 4.74 Å². The normalized spacial score (nSPS) is 11.2. The van der Waals surface area contributed by atoms with Crippen LogP contribution in [0.3, 0.4) is 0 Å². The summed E-state index contributed by atoms with van der Waals surface area (Å²) < 4.78 is 20.2. The molecule has 1 amide bonds. The summed E-state index contributed by atoms with van der Waals surface area (Å²) in [5.41, 5.74) is 2.34. The molecule has 0 spiro atoms. The fourth-order valence-electron chi connectivity index (χ4n) is 3.61. The molecule has 1 aromatic heterocycles. The van der Waals surface area contributed by atoms with Gasteiger partial charge in [-0.3, -0.25) is 9.78 Å². The summed E-state index contributed by atoms with van der Waals surface area (Å²) in [6.45, 7) is 9.08. The molecule has 3 rings (SSSR count). The van der Waals surface area contributed by atoms with Crippen LogP contribution >= 0.6 is 0 Å². The van der Waals surface area contributed by atoms with Gasteiger partial charge in [-0.1, -0.05) is 29.8 Å². The molecule has 0 atom stereocenters. The fourth-order valence-corrected chi connectivity index (χ4v) is 3.61. The van der Waals surface area contributed by atoms with Crippen molar-refractivity contribution < 1.29 is 18.7 Å². The number of amides is 1. The zero-order chi connectivity index (χ0) is 22.8. The van der Waals surface area contributed by atoms with Gasteiger partial charge in [0, 0.05) is 6.20 Å². The molecule has 0 aliphatic heterocycles. The van der Waals surface area contributed by atoms with Crippen LogP contribution in [0.25, 0.3) is 0 Å². The minimum Gasteiger partial charge on any atom is -0.422 e. The molecule has 0 fully saturated rings. The molecule has 160 valence electrons. The van der Waals surface area contributed by atoms with E-state index in [9.17, 15) is 14.0 Å². The molecule has 3 aromatic rings. The van der Waals surface area contributed by atoms with Gasteiger partial charge in [0.05, 0.1) is 16.8 Å². The molecule has 0 aliphatic carbocycles. The standard InChI is InChI=1S/C25H25FN2O3/c1-15-13-16(2)21(17(3)14-15)24(30)31-19-10-8-9-18(26)22(19)23(29)28-25(4,5)20-11-6-7-12-27-20/h6-14H,1-5H3,(H,28,29). The number of nitrogens with one attached hydrogen (secondary N) is 1. The summed E-state index contributed by atoms with van der Waals surface area (Å²) in [6, 6.07) is 13.0. The van der Waals surface area contributed by atoms with Gasteiger partial charge in [-0.2, -0.15) is 0 Å². The Hall–Kier alpha value is -3.54. The number of carbonyl (C=O) groups is 2. The first kappa shape index (κ1) is 22.2. The Morgan fingerprint density at radius 2 is 1.65 bits per heavy atom. The van der Waals surface area contributed by atoms with Gasteiger partial charge in [0.15, 0.2) is 0 Å². The zero-order valence-corrected chi connectivity index (χ0v) is 18.2. The zero-order valence-electron chi connectivity index (χ0n) is 18.2. The maximum Gasteiger partial charge on any atom is 0.344 e. The van der Waals surface area contributed by atoms with E-state index in [1.807, 2.05) is 32.9 Å². The molecular weight excluding hydrogens is 395 g/mol. The number of aryl methyl sites for hydroxylation is 3. The molecule has 1 heterocycles. The van der Waals surface area contributed by atoms with Crippen molar-refractivity contribution in [2.24, 2.45) is 0 Å². The third kappa shape index (κ3) is 4.79. The van der Waals surface area contributed by atoms with E-state index < -0.39 is 23.2 Å². The highest BCUT2D eigenvalue weighted by molar-refractivity contribution is 6.00. The molecule has 0 unspecified atom stereocenters. The molecule has 5 nitrogen and oxygen atoms in total. The molecule has 1 N–H and O–H groups in total. The molecule has 0 radical (unpaired) electrons. The molecule has 31 heavy (non-hydrogen) atoms. The van der Waals surface area contributed by atoms with Crippen LogP contribution in [0.5, 0.6) is 5.75 Å². The van der Waals surface area contributed by atoms with E-state index in [1.165, 1.54) is 12.1 Å². The lowest BCUT2D eigenvalue weighted by Gasteiger charge is -2.26. The lowest BCUT2D eigenvalue weighted by molar-refractivity contribution is 0.0729. The predicted octanol–water partition coefficient (Wildman–Crippen LogP) is 5.03. The maximum absolute atomic E-state index is 14.7. The van der Waals surface area contributed by atoms with Crippen LogP contribution < -0.4 is 10.1 Å². The van der Waals surface area contributed by atoms with Gasteiger partial charge >= 0.3 is 5.97 Å². The molecular formula is C25H25FN2O3. The highest BCUT2D eigenvalue weighted by Gasteiger charge is 2.29. The number of halogens is 1. The second kappa shape index (κ2) is 8.68. The van der Waals surface area contributed by atoms with Crippen LogP contribution in [-0.4, -0.2) is 16.9 Å². The first-order valence-corrected chi connectivity index (χ1v) is 9.92. The Bertz CT molecular complexity index is 1120. The first-order chi connectivity index (χ1) is 14.6. The van der Waals surface area contributed by atoms with Crippen molar-refractivity contribution in [3.63, 3.8) is 0 Å². The largest absolute Gasteiger partial charge is 0.422 e. The van der Waals surface area contributed by atoms with Crippen LogP contribution in [0.4, 0.5) is 4.39 Å². The summed E-state index contributed by atoms with van der Waals surface area (Å²) in [5.74, 6) is -2.26. The minimum atomic E-state index is -0.869. The van der Waals surface area contributed by atoms with Crippen LogP contribution in [0, 0.1) is 26.6 Å². The number of pyridine rings is 1. The van der Waals surface area contributed by atoms with Crippen LogP contribution in [-0.2, 0) is 5.54 Å². The van der Waals surface area contributed by atoms with Gasteiger partial charge in [0.25, 0.3) is 5.91 Å². The molecule has 0 saturated heterocycles. The summed E-state index contributed by atoms with van der Waals surface area (Å²) in [4.78, 5) is 30.1. The number of hydrogen-bond acceptors (Lipinski definition) is 4. The number of carbonyl (C=O) groups excluding carboxylic acids is 2. The average Bonchev–Trinajstić information content (AvgIpc) is 2.67. The molecule has 2 aromatic carbocycles. The van der Waals surface area contributed by atoms with Crippen LogP contribution in [0.15, 0.2) is 54.7 Å². The highest BCUT2D eigenvalue weighted by atomic mass is 19.1. The van der Waals surface area contributed by atoms with Crippen molar-refractivity contribution in [3.8, 4) is 5.75 Å². The SMILES string of the molecule is Cc1cc(C)c(C(=O)Oc2cccc(F)c2C(=O)NC(C)(C)c2ccccn2)c(C)c1. The number of aromatic nitrogens is 1. The number of nitrogens with zero attached hydrogens (tertiary/aromatic N) is 1. The van der Waals surface area contributed by atoms with E-state index in [2.05, 4.69) is 10.3 Å². The summed E-state index contributed by atoms with van der Waals surface area (Å²) in [7, 11) is 0. The van der Waals surface area contributed by atoms with Gasteiger partial charge in [0.1, 0.15) is 17.1 Å². The third-order valence-corrected chi connectivity index (χ3v) is 5.02. The predicted molar refractivity (Wildman–Crippen MR) is 117 cm³/mol. The Morgan fingerprint density at radius 1 is 0.968 bits per heavy atom. The average molecular weight is 420 g/mol. The number of benzene rings is 2. The van der Waals surface area contributed by atoms with Crippen LogP contribution in [0.2, 0.25) is 0 Å². The summed E-state index contributed by atoms with van der Waals surface area (Å²) >= 11 is 0. The number of esters is 1. The topological polar surface area (TPSA) is 68.3 Å². The number of ether oxygens (including phenoxy) is 1. The second-order valence-electron chi connectivity index (χ2n) is 8.07. The summed E-state index contributed by atoms with van der Waals surface area (Å²) in [6.07, 6.45) is 1.62. The van der Waals surface area contributed by atoms with Gasteiger partial charge in [-0.15, -0.1) is 0 Å². The quantitative estimate of drug-likeness (QED) is 0.464.